The van der Waals surface area contributed by atoms with Crippen molar-refractivity contribution >= 4 is 17.2 Å². The molecule has 100 valence electrons. The molecule has 2 heterocycles. The zero-order valence-corrected chi connectivity index (χ0v) is 11.5. The first-order chi connectivity index (χ1) is 8.81. The Morgan fingerprint density at radius 3 is 3.17 bits per heavy atom. The molecule has 1 atom stereocenters. The van der Waals surface area contributed by atoms with Crippen LogP contribution in [0.3, 0.4) is 0 Å². The highest BCUT2D eigenvalue weighted by molar-refractivity contribution is 7.09. The fourth-order valence-corrected chi connectivity index (χ4v) is 2.90. The Labute approximate surface area is 112 Å². The van der Waals surface area contributed by atoms with E-state index in [1.165, 1.54) is 4.88 Å². The Bertz CT molecular complexity index is 361. The van der Waals surface area contributed by atoms with E-state index >= 15 is 0 Å². The molecule has 5 heteroatoms. The van der Waals surface area contributed by atoms with Crippen LogP contribution < -0.4 is 5.32 Å². The van der Waals surface area contributed by atoms with Crippen LogP contribution >= 0.6 is 11.3 Å². The highest BCUT2D eigenvalue weighted by Gasteiger charge is 2.27. The summed E-state index contributed by atoms with van der Waals surface area (Å²) in [5, 5.41) is 5.29. The number of carbonyl (C=O) groups excluding carboxylic acids is 1. The van der Waals surface area contributed by atoms with Crippen molar-refractivity contribution in [3.05, 3.63) is 22.4 Å². The van der Waals surface area contributed by atoms with Gasteiger partial charge in [0.1, 0.15) is 0 Å². The van der Waals surface area contributed by atoms with Gasteiger partial charge in [0, 0.05) is 25.1 Å². The van der Waals surface area contributed by atoms with Gasteiger partial charge in [-0.05, 0) is 24.4 Å². The molecule has 1 fully saturated rings. The number of rotatable bonds is 6. The van der Waals surface area contributed by atoms with Crippen LogP contribution in [-0.2, 0) is 16.1 Å². The molecule has 0 radical (unpaired) electrons. The van der Waals surface area contributed by atoms with Crippen LogP contribution in [0.5, 0.6) is 0 Å². The Morgan fingerprint density at radius 2 is 2.56 bits per heavy atom. The molecular weight excluding hydrogens is 248 g/mol. The first-order valence-electron chi connectivity index (χ1n) is 6.32. The van der Waals surface area contributed by atoms with E-state index in [1.807, 2.05) is 16.3 Å². The molecule has 18 heavy (non-hydrogen) atoms. The van der Waals surface area contributed by atoms with Gasteiger partial charge in [0.15, 0.2) is 0 Å². The first-order valence-corrected chi connectivity index (χ1v) is 7.20. The number of nitrogens with zero attached hydrogens (tertiary/aromatic N) is 1. The van der Waals surface area contributed by atoms with E-state index in [9.17, 15) is 4.79 Å². The fraction of sp³-hybridized carbons (Fsp3) is 0.615. The van der Waals surface area contributed by atoms with Crippen molar-refractivity contribution in [2.45, 2.75) is 13.0 Å². The molecule has 0 aliphatic carbocycles. The normalized spacial score (nSPS) is 19.1. The van der Waals surface area contributed by atoms with E-state index in [1.54, 1.807) is 18.4 Å². The van der Waals surface area contributed by atoms with Gasteiger partial charge in [-0.2, -0.15) is 0 Å². The third-order valence-corrected chi connectivity index (χ3v) is 4.07. The second-order valence-electron chi connectivity index (χ2n) is 4.52. The maximum Gasteiger partial charge on any atom is 0.227 e. The average Bonchev–Trinajstić information content (AvgIpc) is 3.06. The fourth-order valence-electron chi connectivity index (χ4n) is 2.18. The van der Waals surface area contributed by atoms with Crippen LogP contribution in [0.2, 0.25) is 0 Å². The summed E-state index contributed by atoms with van der Waals surface area (Å²) in [5.41, 5.74) is 0. The SMILES string of the molecule is COCCN(Cc1cccs1)C(=O)[C@H]1CCNC1. The lowest BCUT2D eigenvalue weighted by Crippen LogP contribution is -2.38. The lowest BCUT2D eigenvalue weighted by molar-refractivity contribution is -0.136. The molecule has 1 saturated heterocycles. The molecule has 4 nitrogen and oxygen atoms in total. The molecule has 0 saturated carbocycles. The lowest BCUT2D eigenvalue weighted by atomic mass is 10.1. The van der Waals surface area contributed by atoms with Crippen LogP contribution in [-0.4, -0.2) is 44.2 Å². The van der Waals surface area contributed by atoms with Crippen LogP contribution in [0, 0.1) is 5.92 Å². The average molecular weight is 268 g/mol. The van der Waals surface area contributed by atoms with E-state index in [0.717, 1.165) is 19.5 Å². The zero-order chi connectivity index (χ0) is 12.8. The first kappa shape index (κ1) is 13.5. The summed E-state index contributed by atoms with van der Waals surface area (Å²) in [5.74, 6) is 0.396. The molecule has 1 aromatic heterocycles. The molecule has 0 aromatic carbocycles. The molecule has 2 rings (SSSR count). The molecular formula is C13H20N2O2S. The molecule has 1 amide bonds. The molecule has 0 spiro atoms. The number of ether oxygens (including phenoxy) is 1. The summed E-state index contributed by atoms with van der Waals surface area (Å²) in [6.45, 7) is 3.73. The Balaban J connectivity index is 1.96. The second kappa shape index (κ2) is 6.87. The summed E-state index contributed by atoms with van der Waals surface area (Å²) in [6.07, 6.45) is 0.951. The highest BCUT2D eigenvalue weighted by atomic mass is 32.1. The zero-order valence-electron chi connectivity index (χ0n) is 10.7. The Kier molecular flexibility index (Phi) is 5.16. The van der Waals surface area contributed by atoms with Crippen LogP contribution in [0.15, 0.2) is 17.5 Å². The number of amides is 1. The molecule has 1 aliphatic rings. The smallest absolute Gasteiger partial charge is 0.227 e. The highest BCUT2D eigenvalue weighted by Crippen LogP contribution is 2.16. The standard InChI is InChI=1S/C13H20N2O2S/c1-17-7-6-15(10-12-3-2-8-18-12)13(16)11-4-5-14-9-11/h2-3,8,11,14H,4-7,9-10H2,1H3/t11-/m0/s1. The molecule has 1 aromatic rings. The van der Waals surface area contributed by atoms with Gasteiger partial charge in [-0.15, -0.1) is 11.3 Å². The predicted molar refractivity (Wildman–Crippen MR) is 72.6 cm³/mol. The number of methoxy groups -OCH3 is 1. The monoisotopic (exact) mass is 268 g/mol. The van der Waals surface area contributed by atoms with Crippen LogP contribution in [0.1, 0.15) is 11.3 Å². The van der Waals surface area contributed by atoms with Crippen molar-refractivity contribution in [2.24, 2.45) is 5.92 Å². The minimum Gasteiger partial charge on any atom is -0.383 e. The molecule has 0 bridgehead atoms. The summed E-state index contributed by atoms with van der Waals surface area (Å²) >= 11 is 1.69. The minimum atomic E-state index is 0.141. The molecule has 1 N–H and O–H groups in total. The van der Waals surface area contributed by atoms with Gasteiger partial charge < -0.3 is 15.0 Å². The predicted octanol–water partition coefficient (Wildman–Crippen LogP) is 1.33. The largest absolute Gasteiger partial charge is 0.383 e. The molecule has 0 unspecified atom stereocenters. The topological polar surface area (TPSA) is 41.6 Å². The third kappa shape index (κ3) is 3.54. The minimum absolute atomic E-state index is 0.141. The second-order valence-corrected chi connectivity index (χ2v) is 5.55. The number of hydrogen-bond donors (Lipinski definition) is 1. The van der Waals surface area contributed by atoms with Gasteiger partial charge in [-0.25, -0.2) is 0 Å². The van der Waals surface area contributed by atoms with Crippen molar-refractivity contribution in [3.8, 4) is 0 Å². The van der Waals surface area contributed by atoms with Crippen molar-refractivity contribution < 1.29 is 9.53 Å². The van der Waals surface area contributed by atoms with E-state index < -0.39 is 0 Å². The van der Waals surface area contributed by atoms with Gasteiger partial charge >= 0.3 is 0 Å². The maximum atomic E-state index is 12.4. The van der Waals surface area contributed by atoms with Gasteiger partial charge in [-0.3, -0.25) is 4.79 Å². The number of thiophene rings is 1. The quantitative estimate of drug-likeness (QED) is 0.846. The summed E-state index contributed by atoms with van der Waals surface area (Å²) < 4.78 is 5.10. The number of hydrogen-bond acceptors (Lipinski definition) is 4. The summed E-state index contributed by atoms with van der Waals surface area (Å²) in [4.78, 5) is 15.6. The number of carbonyl (C=O) groups is 1. The Morgan fingerprint density at radius 1 is 1.67 bits per heavy atom. The van der Waals surface area contributed by atoms with Gasteiger partial charge in [-0.1, -0.05) is 6.07 Å². The van der Waals surface area contributed by atoms with Crippen molar-refractivity contribution in [1.82, 2.24) is 10.2 Å². The third-order valence-electron chi connectivity index (χ3n) is 3.21. The summed E-state index contributed by atoms with van der Waals surface area (Å²) in [6, 6.07) is 4.10. The van der Waals surface area contributed by atoms with Gasteiger partial charge in [0.05, 0.1) is 19.1 Å². The van der Waals surface area contributed by atoms with Crippen LogP contribution in [0.25, 0.3) is 0 Å². The molecule has 1 aliphatic heterocycles. The van der Waals surface area contributed by atoms with Crippen molar-refractivity contribution in [1.29, 1.82) is 0 Å². The van der Waals surface area contributed by atoms with Crippen molar-refractivity contribution in [3.63, 3.8) is 0 Å². The van der Waals surface area contributed by atoms with Crippen molar-refractivity contribution in [2.75, 3.05) is 33.4 Å². The number of nitrogens with one attached hydrogen (secondary N) is 1. The van der Waals surface area contributed by atoms with E-state index in [2.05, 4.69) is 11.4 Å². The van der Waals surface area contributed by atoms with Crippen LogP contribution in [0.4, 0.5) is 0 Å². The van der Waals surface area contributed by atoms with E-state index in [0.29, 0.717) is 19.7 Å². The van der Waals surface area contributed by atoms with Gasteiger partial charge in [0.2, 0.25) is 5.91 Å². The van der Waals surface area contributed by atoms with Gasteiger partial charge in [0.25, 0.3) is 0 Å². The van der Waals surface area contributed by atoms with E-state index in [-0.39, 0.29) is 11.8 Å². The van der Waals surface area contributed by atoms with E-state index in [4.69, 9.17) is 4.74 Å². The lowest BCUT2D eigenvalue weighted by Gasteiger charge is -2.24. The Hall–Kier alpha value is -0.910. The maximum absolute atomic E-state index is 12.4. The summed E-state index contributed by atoms with van der Waals surface area (Å²) in [7, 11) is 1.67.